The number of carbonyl (C=O) groups excluding carboxylic acids is 1. The Kier molecular flexibility index (Phi) is 8.14. The monoisotopic (exact) mass is 668 g/mol. The Morgan fingerprint density at radius 1 is 1.20 bits per heavy atom. The second kappa shape index (κ2) is 11.8. The van der Waals surface area contributed by atoms with Crippen molar-refractivity contribution in [3.63, 3.8) is 0 Å². The maximum absolute atomic E-state index is 16.9. The number of pyridine rings is 2. The number of nitrogen functional groups attached to an aromatic ring is 1. The van der Waals surface area contributed by atoms with Crippen molar-refractivity contribution in [3.8, 4) is 16.9 Å². The zero-order valence-corrected chi connectivity index (χ0v) is 27.2. The molecule has 0 spiro atoms. The lowest BCUT2D eigenvalue weighted by Crippen LogP contribution is -2.60. The van der Waals surface area contributed by atoms with Crippen molar-refractivity contribution >= 4 is 57.3 Å². The van der Waals surface area contributed by atoms with E-state index in [0.29, 0.717) is 36.5 Å². The van der Waals surface area contributed by atoms with Gasteiger partial charge in [0.15, 0.2) is 17.3 Å². The molecule has 2 unspecified atom stereocenters. The van der Waals surface area contributed by atoms with Crippen LogP contribution in [0.5, 0.6) is 0 Å². The molecule has 10 nitrogen and oxygen atoms in total. The van der Waals surface area contributed by atoms with E-state index in [1.165, 1.54) is 10.6 Å². The third-order valence-corrected chi connectivity index (χ3v) is 9.20. The maximum Gasteiger partial charge on any atom is 0.355 e. The molecule has 1 fully saturated rings. The van der Waals surface area contributed by atoms with E-state index < -0.39 is 28.6 Å². The summed E-state index contributed by atoms with van der Waals surface area (Å²) in [4.78, 5) is 44.3. The fraction of sp³-hybridized carbons (Fsp3) is 0.344. The summed E-state index contributed by atoms with van der Waals surface area (Å²) in [6, 6.07) is 2.31. The lowest BCUT2D eigenvalue weighted by molar-refractivity contribution is -0.127. The predicted octanol–water partition coefficient (Wildman–Crippen LogP) is 5.85. The first kappa shape index (κ1) is 31.7. The van der Waals surface area contributed by atoms with Gasteiger partial charge in [0.2, 0.25) is 5.91 Å². The molecule has 46 heavy (non-hydrogen) atoms. The van der Waals surface area contributed by atoms with Crippen LogP contribution in [0.2, 0.25) is 10.0 Å². The molecule has 0 radical (unpaired) electrons. The molecular formula is C32H32Cl2F2N8O2. The Morgan fingerprint density at radius 3 is 2.63 bits per heavy atom. The van der Waals surface area contributed by atoms with Gasteiger partial charge < -0.3 is 20.9 Å². The molecular weight excluding hydrogens is 637 g/mol. The number of hydrogen-bond donors (Lipinski definition) is 2. The second-order valence-corrected chi connectivity index (χ2v) is 12.7. The summed E-state index contributed by atoms with van der Waals surface area (Å²) in [7, 11) is 0. The van der Waals surface area contributed by atoms with Crippen molar-refractivity contribution in [2.45, 2.75) is 52.1 Å². The molecule has 2 aliphatic heterocycles. The Balaban J connectivity index is 1.76. The topological polar surface area (TPSA) is 122 Å². The van der Waals surface area contributed by atoms with Crippen molar-refractivity contribution in [2.75, 3.05) is 35.6 Å². The summed E-state index contributed by atoms with van der Waals surface area (Å²) in [5.74, 6) is -2.05. The number of rotatable bonds is 4. The van der Waals surface area contributed by atoms with Gasteiger partial charge in [0.05, 0.1) is 49.8 Å². The highest BCUT2D eigenvalue weighted by atomic mass is 35.5. The van der Waals surface area contributed by atoms with Crippen LogP contribution in [0.15, 0.2) is 35.8 Å². The molecule has 3 N–H and O–H groups in total. The fourth-order valence-corrected chi connectivity index (χ4v) is 6.99. The minimum atomic E-state index is -1.01. The average Bonchev–Trinajstić information content (AvgIpc) is 3.00. The van der Waals surface area contributed by atoms with Crippen molar-refractivity contribution < 1.29 is 13.6 Å². The number of piperazine rings is 1. The molecule has 3 aromatic heterocycles. The first-order valence-corrected chi connectivity index (χ1v) is 15.6. The van der Waals surface area contributed by atoms with Crippen molar-refractivity contribution in [1.82, 2.24) is 24.4 Å². The number of amides is 1. The molecule has 6 rings (SSSR count). The van der Waals surface area contributed by atoms with Crippen LogP contribution in [-0.4, -0.2) is 62.0 Å². The standard InChI is InChI=1S/C32H32Cl2F2N8O2/c1-6-20(45)42-12-16(5)43-17(13-42)8-10-39-27-22-30(40-28(24(27)36)21-23(35)18(33)11-19(34)25(21)37)44(32(46)41-31(22)43)29-15(4)7-9-38-26(29)14(2)3/h6-7,9,11,14,16-17,39H,1,8,10,12-13,37H2,2-5H3. The highest BCUT2D eigenvalue weighted by Gasteiger charge is 2.39. The van der Waals surface area contributed by atoms with E-state index in [4.69, 9.17) is 28.9 Å². The van der Waals surface area contributed by atoms with Crippen LogP contribution in [0.4, 0.5) is 26.0 Å². The van der Waals surface area contributed by atoms with Gasteiger partial charge in [0.25, 0.3) is 0 Å². The summed E-state index contributed by atoms with van der Waals surface area (Å²) < 4.78 is 33.8. The third kappa shape index (κ3) is 4.94. The number of aromatic nitrogens is 4. The van der Waals surface area contributed by atoms with E-state index >= 15 is 8.78 Å². The maximum atomic E-state index is 16.9. The minimum absolute atomic E-state index is 0.0132. The number of nitrogens with one attached hydrogen (secondary N) is 1. The summed E-state index contributed by atoms with van der Waals surface area (Å²) >= 11 is 12.4. The molecule has 0 saturated carbocycles. The van der Waals surface area contributed by atoms with E-state index in [9.17, 15) is 9.59 Å². The average molecular weight is 670 g/mol. The van der Waals surface area contributed by atoms with E-state index in [0.717, 1.165) is 6.07 Å². The van der Waals surface area contributed by atoms with Gasteiger partial charge in [-0.05, 0) is 50.0 Å². The van der Waals surface area contributed by atoms with Gasteiger partial charge >= 0.3 is 5.69 Å². The van der Waals surface area contributed by atoms with Gasteiger partial charge in [-0.25, -0.2) is 23.1 Å². The highest BCUT2D eigenvalue weighted by Crippen LogP contribution is 2.44. The van der Waals surface area contributed by atoms with Crippen LogP contribution in [0, 0.1) is 18.6 Å². The predicted molar refractivity (Wildman–Crippen MR) is 177 cm³/mol. The molecule has 1 aromatic carbocycles. The number of aryl methyl sites for hydroxylation is 1. The number of halogens is 4. The van der Waals surface area contributed by atoms with Gasteiger partial charge in [-0.3, -0.25) is 9.78 Å². The van der Waals surface area contributed by atoms with Crippen LogP contribution in [-0.2, 0) is 4.79 Å². The van der Waals surface area contributed by atoms with Gasteiger partial charge in [-0.2, -0.15) is 4.98 Å². The molecule has 2 atom stereocenters. The molecule has 0 bridgehead atoms. The molecule has 5 heterocycles. The lowest BCUT2D eigenvalue weighted by atomic mass is 9.99. The van der Waals surface area contributed by atoms with Gasteiger partial charge in [0, 0.05) is 31.9 Å². The van der Waals surface area contributed by atoms with Gasteiger partial charge in [-0.15, -0.1) is 0 Å². The number of hydrogen-bond acceptors (Lipinski definition) is 8. The molecule has 1 saturated heterocycles. The van der Waals surface area contributed by atoms with Crippen LogP contribution >= 0.6 is 23.2 Å². The van der Waals surface area contributed by atoms with Crippen molar-refractivity contribution in [3.05, 3.63) is 74.4 Å². The summed E-state index contributed by atoms with van der Waals surface area (Å²) in [6.45, 7) is 12.2. The third-order valence-electron chi connectivity index (χ3n) is 8.61. The normalized spacial score (nSPS) is 17.8. The van der Waals surface area contributed by atoms with Gasteiger partial charge in [-0.1, -0.05) is 43.6 Å². The number of carbonyl (C=O) groups is 1. The zero-order valence-electron chi connectivity index (χ0n) is 25.7. The minimum Gasteiger partial charge on any atom is -0.397 e. The van der Waals surface area contributed by atoms with E-state index in [1.54, 1.807) is 17.2 Å². The summed E-state index contributed by atoms with van der Waals surface area (Å²) in [5, 5.41) is 2.93. The molecule has 240 valence electrons. The Hall–Kier alpha value is -4.29. The van der Waals surface area contributed by atoms with Gasteiger partial charge in [0.1, 0.15) is 11.5 Å². The highest BCUT2D eigenvalue weighted by molar-refractivity contribution is 6.37. The smallest absolute Gasteiger partial charge is 0.355 e. The Morgan fingerprint density at radius 2 is 1.93 bits per heavy atom. The molecule has 14 heteroatoms. The number of nitrogens with two attached hydrogens (primary N) is 1. The number of nitrogens with zero attached hydrogens (tertiary/aromatic N) is 6. The van der Waals surface area contributed by atoms with E-state index in [1.807, 2.05) is 32.6 Å². The molecule has 0 aliphatic carbocycles. The molecule has 4 aromatic rings. The van der Waals surface area contributed by atoms with E-state index in [2.05, 4.69) is 26.8 Å². The van der Waals surface area contributed by atoms with Crippen molar-refractivity contribution in [2.24, 2.45) is 0 Å². The first-order valence-electron chi connectivity index (χ1n) is 14.8. The second-order valence-electron chi connectivity index (χ2n) is 11.9. The first-order chi connectivity index (χ1) is 21.8. The van der Waals surface area contributed by atoms with Crippen LogP contribution in [0.25, 0.3) is 28.0 Å². The fourth-order valence-electron chi connectivity index (χ4n) is 6.53. The zero-order chi connectivity index (χ0) is 33.2. The quantitative estimate of drug-likeness (QED) is 0.158. The van der Waals surface area contributed by atoms with Crippen molar-refractivity contribution in [1.29, 1.82) is 0 Å². The van der Waals surface area contributed by atoms with Crippen LogP contribution in [0.3, 0.4) is 0 Å². The lowest BCUT2D eigenvalue weighted by Gasteiger charge is -2.47. The Labute approximate surface area is 273 Å². The van der Waals surface area contributed by atoms with Crippen LogP contribution < -0.4 is 21.6 Å². The summed E-state index contributed by atoms with van der Waals surface area (Å²) in [5.41, 5.74) is 6.07. The molecule has 2 aliphatic rings. The number of benzene rings is 1. The Bertz CT molecular complexity index is 1970. The number of fused-ring (bicyclic) bond motifs is 2. The number of anilines is 3. The largest absolute Gasteiger partial charge is 0.397 e. The molecule has 1 amide bonds. The van der Waals surface area contributed by atoms with E-state index in [-0.39, 0.29) is 68.7 Å². The summed E-state index contributed by atoms with van der Waals surface area (Å²) in [6.07, 6.45) is 3.38. The van der Waals surface area contributed by atoms with Crippen LogP contribution in [0.1, 0.15) is 44.4 Å². The SMILES string of the molecule is C=CC(=O)N1CC(C)N2c3nc(=O)n(-c4c(C)ccnc4C(C)C)c4nc(-c5c(N)c(Cl)cc(Cl)c5F)c(F)c(c34)NCCC2C1.